The fourth-order valence-electron chi connectivity index (χ4n) is 4.26. The van der Waals surface area contributed by atoms with E-state index in [2.05, 4.69) is 15.1 Å². The first-order chi connectivity index (χ1) is 17.6. The number of alkyl halides is 3. The zero-order chi connectivity index (χ0) is 26.9. The number of nitrogens with two attached hydrogens (primary N) is 1. The molecule has 1 aromatic carbocycles. The minimum absolute atomic E-state index is 0.0272. The minimum Gasteiger partial charge on any atom is -0.383 e. The van der Waals surface area contributed by atoms with E-state index in [9.17, 15) is 18.0 Å². The average molecular weight is 513 g/mol. The van der Waals surface area contributed by atoms with Gasteiger partial charge in [-0.15, -0.1) is 0 Å². The second-order valence-corrected chi connectivity index (χ2v) is 8.39. The largest absolute Gasteiger partial charge is 0.433 e. The fourth-order valence-corrected chi connectivity index (χ4v) is 4.26. The third-order valence-corrected chi connectivity index (χ3v) is 5.96. The second kappa shape index (κ2) is 10.2. The first-order valence-corrected chi connectivity index (χ1v) is 11.7. The van der Waals surface area contributed by atoms with Crippen molar-refractivity contribution in [1.29, 1.82) is 0 Å². The van der Waals surface area contributed by atoms with E-state index >= 15 is 0 Å². The van der Waals surface area contributed by atoms with Crippen LogP contribution in [-0.4, -0.2) is 25.7 Å². The molecular weight excluding hydrogens is 485 g/mol. The highest BCUT2D eigenvalue weighted by Gasteiger charge is 2.33. The molecule has 0 bridgehead atoms. The van der Waals surface area contributed by atoms with E-state index in [0.717, 1.165) is 40.4 Å². The number of nitrogen functional groups attached to an aromatic ring is 1. The van der Waals surface area contributed by atoms with Crippen molar-refractivity contribution in [3.63, 3.8) is 0 Å². The Kier molecular flexibility index (Phi) is 7.17. The molecule has 2 N–H and O–H groups in total. The summed E-state index contributed by atoms with van der Waals surface area (Å²) in [5.41, 5.74) is 9.55. The van der Waals surface area contributed by atoms with E-state index in [0.29, 0.717) is 35.9 Å². The van der Waals surface area contributed by atoms with E-state index in [1.807, 2.05) is 32.0 Å². The van der Waals surface area contributed by atoms with Gasteiger partial charge in [-0.1, -0.05) is 26.0 Å². The highest BCUT2D eigenvalue weighted by Crippen LogP contribution is 2.32. The number of fused-ring (bicyclic) bond motifs is 3. The molecule has 1 amide bonds. The Morgan fingerprint density at radius 2 is 1.89 bits per heavy atom. The molecule has 0 aliphatic carbocycles. The SMILES string of the molecule is CC.Cc1nn(C)cc1N(Cc1ccc2c3c(c(N)nc2c1)COC3)C(=O)c1ccc(C(F)(F)F)nc1. The molecule has 0 fully saturated rings. The molecular formula is C26H27F3N6O2. The molecule has 4 heterocycles. The summed E-state index contributed by atoms with van der Waals surface area (Å²) in [6, 6.07) is 7.58. The Labute approximate surface area is 211 Å². The van der Waals surface area contributed by atoms with Crippen LogP contribution < -0.4 is 10.6 Å². The molecule has 0 saturated heterocycles. The summed E-state index contributed by atoms with van der Waals surface area (Å²) in [5, 5.41) is 5.24. The lowest BCUT2D eigenvalue weighted by molar-refractivity contribution is -0.141. The number of anilines is 2. The topological polar surface area (TPSA) is 99.2 Å². The molecule has 1 aliphatic rings. The van der Waals surface area contributed by atoms with Crippen molar-refractivity contribution >= 4 is 28.3 Å². The lowest BCUT2D eigenvalue weighted by atomic mass is 10.0. The smallest absolute Gasteiger partial charge is 0.383 e. The van der Waals surface area contributed by atoms with Gasteiger partial charge in [-0.2, -0.15) is 18.3 Å². The van der Waals surface area contributed by atoms with E-state index in [-0.39, 0.29) is 12.1 Å². The lowest BCUT2D eigenvalue weighted by Crippen LogP contribution is -2.31. The molecule has 1 aliphatic heterocycles. The molecule has 194 valence electrons. The Bertz CT molecular complexity index is 1450. The van der Waals surface area contributed by atoms with Gasteiger partial charge in [0.2, 0.25) is 0 Å². The molecule has 0 saturated carbocycles. The maximum atomic E-state index is 13.5. The van der Waals surface area contributed by atoms with Gasteiger partial charge in [0.1, 0.15) is 11.5 Å². The van der Waals surface area contributed by atoms with Crippen LogP contribution >= 0.6 is 0 Å². The number of amides is 1. The summed E-state index contributed by atoms with van der Waals surface area (Å²) >= 11 is 0. The zero-order valence-electron chi connectivity index (χ0n) is 20.9. The van der Waals surface area contributed by atoms with Crippen LogP contribution in [0.1, 0.15) is 52.3 Å². The molecule has 0 spiro atoms. The zero-order valence-corrected chi connectivity index (χ0v) is 20.9. The Morgan fingerprint density at radius 3 is 2.51 bits per heavy atom. The maximum Gasteiger partial charge on any atom is 0.433 e. The number of hydrogen-bond donors (Lipinski definition) is 1. The van der Waals surface area contributed by atoms with E-state index in [1.54, 1.807) is 24.9 Å². The lowest BCUT2D eigenvalue weighted by Gasteiger charge is -2.23. The van der Waals surface area contributed by atoms with Gasteiger partial charge in [-0.05, 0) is 36.2 Å². The summed E-state index contributed by atoms with van der Waals surface area (Å²) in [7, 11) is 1.73. The van der Waals surface area contributed by atoms with Gasteiger partial charge in [-0.3, -0.25) is 14.5 Å². The van der Waals surface area contributed by atoms with E-state index < -0.39 is 17.8 Å². The monoisotopic (exact) mass is 512 g/mol. The first kappa shape index (κ1) is 26.1. The van der Waals surface area contributed by atoms with Crippen LogP contribution in [-0.2, 0) is 37.7 Å². The second-order valence-electron chi connectivity index (χ2n) is 8.39. The van der Waals surface area contributed by atoms with Crippen LogP contribution in [0.2, 0.25) is 0 Å². The number of benzene rings is 1. The highest BCUT2D eigenvalue weighted by molar-refractivity contribution is 6.06. The molecule has 8 nitrogen and oxygen atoms in total. The van der Waals surface area contributed by atoms with Gasteiger partial charge >= 0.3 is 6.18 Å². The molecule has 0 radical (unpaired) electrons. The van der Waals surface area contributed by atoms with Crippen LogP contribution in [0.15, 0.2) is 42.7 Å². The number of hydrogen-bond acceptors (Lipinski definition) is 6. The van der Waals surface area contributed by atoms with Gasteiger partial charge in [-0.25, -0.2) is 4.98 Å². The molecule has 0 unspecified atom stereocenters. The summed E-state index contributed by atoms with van der Waals surface area (Å²) in [6.07, 6.45) is -1.96. The van der Waals surface area contributed by atoms with Gasteiger partial charge < -0.3 is 15.4 Å². The van der Waals surface area contributed by atoms with Crippen molar-refractivity contribution in [1.82, 2.24) is 19.7 Å². The molecule has 3 aromatic heterocycles. The number of pyridine rings is 2. The van der Waals surface area contributed by atoms with Crippen molar-refractivity contribution in [2.24, 2.45) is 7.05 Å². The summed E-state index contributed by atoms with van der Waals surface area (Å²) in [4.78, 5) is 22.9. The number of rotatable bonds is 4. The van der Waals surface area contributed by atoms with Crippen molar-refractivity contribution in [2.75, 3.05) is 10.6 Å². The maximum absolute atomic E-state index is 13.5. The van der Waals surface area contributed by atoms with Gasteiger partial charge in [0, 0.05) is 30.4 Å². The minimum atomic E-state index is -4.59. The average Bonchev–Trinajstić information content (AvgIpc) is 3.49. The first-order valence-electron chi connectivity index (χ1n) is 11.7. The van der Waals surface area contributed by atoms with Crippen LogP contribution in [0.3, 0.4) is 0 Å². The van der Waals surface area contributed by atoms with Crippen molar-refractivity contribution in [3.8, 4) is 0 Å². The van der Waals surface area contributed by atoms with Gasteiger partial charge in [0.15, 0.2) is 0 Å². The highest BCUT2D eigenvalue weighted by atomic mass is 19.4. The Balaban J connectivity index is 0.00000156. The van der Waals surface area contributed by atoms with Crippen molar-refractivity contribution in [3.05, 3.63) is 76.4 Å². The molecule has 5 rings (SSSR count). The molecule has 11 heteroatoms. The third-order valence-electron chi connectivity index (χ3n) is 5.96. The fraction of sp³-hybridized carbons (Fsp3) is 0.308. The number of aromatic nitrogens is 4. The molecule has 0 atom stereocenters. The summed E-state index contributed by atoms with van der Waals surface area (Å²) < 4.78 is 45.9. The van der Waals surface area contributed by atoms with Crippen molar-refractivity contribution in [2.45, 2.75) is 46.7 Å². The predicted octanol–water partition coefficient (Wildman–Crippen LogP) is 5.18. The van der Waals surface area contributed by atoms with E-state index in [4.69, 9.17) is 10.5 Å². The standard InChI is InChI=1S/C24H21F3N6O2.C2H6/c1-13-20(10-32(2)31-13)33(23(34)15-4-6-21(29-8-15)24(25,26)27)9-14-3-5-16-17-11-35-12-18(17)22(28)30-19(16)7-14;1-2/h3-8,10H,9,11-12H2,1-2H3,(H2,28,30);1-2H3. The number of ether oxygens (including phenoxy) is 1. The normalized spacial score (nSPS) is 12.7. The molecule has 4 aromatic rings. The number of aryl methyl sites for hydroxylation is 2. The van der Waals surface area contributed by atoms with E-state index in [1.165, 1.54) is 4.90 Å². The Hall–Kier alpha value is -3.99. The molecule has 37 heavy (non-hydrogen) atoms. The quantitative estimate of drug-likeness (QED) is 0.405. The number of halogens is 3. The van der Waals surface area contributed by atoms with Crippen LogP contribution in [0.4, 0.5) is 24.7 Å². The number of carbonyl (C=O) groups excluding carboxylic acids is 1. The number of nitrogens with zero attached hydrogens (tertiary/aromatic N) is 5. The summed E-state index contributed by atoms with van der Waals surface area (Å²) in [6.45, 7) is 6.78. The third kappa shape index (κ3) is 5.12. The van der Waals surface area contributed by atoms with Crippen molar-refractivity contribution < 1.29 is 22.7 Å². The van der Waals surface area contributed by atoms with Gasteiger partial charge in [0.25, 0.3) is 5.91 Å². The number of carbonyl (C=O) groups is 1. The van der Waals surface area contributed by atoms with Crippen LogP contribution in [0, 0.1) is 6.92 Å². The summed E-state index contributed by atoms with van der Waals surface area (Å²) in [5.74, 6) is -0.0914. The van der Waals surface area contributed by atoms with Crippen LogP contribution in [0.25, 0.3) is 10.9 Å². The van der Waals surface area contributed by atoms with Gasteiger partial charge in [0.05, 0.1) is 42.2 Å². The predicted molar refractivity (Wildman–Crippen MR) is 134 cm³/mol. The van der Waals surface area contributed by atoms with Crippen LogP contribution in [0.5, 0.6) is 0 Å². The Morgan fingerprint density at radius 1 is 1.16 bits per heavy atom.